The molecule has 0 spiro atoms. The summed E-state index contributed by atoms with van der Waals surface area (Å²) in [6, 6.07) is 9.21. The van der Waals surface area contributed by atoms with Gasteiger partial charge in [-0.05, 0) is 49.2 Å². The summed E-state index contributed by atoms with van der Waals surface area (Å²) in [4.78, 5) is 12.1. The van der Waals surface area contributed by atoms with Crippen molar-refractivity contribution in [3.8, 4) is 5.75 Å². The summed E-state index contributed by atoms with van der Waals surface area (Å²) in [6.07, 6.45) is 0.313. The summed E-state index contributed by atoms with van der Waals surface area (Å²) in [5, 5.41) is 7.10. The molecule has 0 saturated carbocycles. The first kappa shape index (κ1) is 18.4. The van der Waals surface area contributed by atoms with Gasteiger partial charge in [-0.1, -0.05) is 29.3 Å². The first-order valence-electron chi connectivity index (χ1n) is 7.54. The van der Waals surface area contributed by atoms with Crippen LogP contribution < -0.4 is 15.4 Å². The maximum absolute atomic E-state index is 12.1. The number of hydrogen-bond donors (Lipinski definition) is 2. The van der Waals surface area contributed by atoms with Gasteiger partial charge in [-0.15, -0.1) is 0 Å². The minimum Gasteiger partial charge on any atom is -0.495 e. The number of aryl methyl sites for hydroxylation is 2. The molecule has 0 heterocycles. The molecule has 0 aromatic heterocycles. The number of benzene rings is 2. The van der Waals surface area contributed by atoms with Crippen LogP contribution in [0.1, 0.15) is 17.5 Å². The van der Waals surface area contributed by atoms with Crippen molar-refractivity contribution in [2.75, 3.05) is 24.3 Å². The Morgan fingerprint density at radius 1 is 1.12 bits per heavy atom. The Hall–Kier alpha value is -1.91. The van der Waals surface area contributed by atoms with Crippen LogP contribution in [0.3, 0.4) is 0 Å². The Bertz CT molecular complexity index is 725. The molecule has 0 saturated heterocycles. The molecule has 4 nitrogen and oxygen atoms in total. The van der Waals surface area contributed by atoms with E-state index in [1.807, 2.05) is 32.0 Å². The van der Waals surface area contributed by atoms with E-state index in [0.717, 1.165) is 16.8 Å². The molecule has 128 valence electrons. The molecule has 2 N–H and O–H groups in total. The van der Waals surface area contributed by atoms with E-state index in [1.165, 1.54) is 0 Å². The van der Waals surface area contributed by atoms with Crippen molar-refractivity contribution in [2.45, 2.75) is 20.3 Å². The summed E-state index contributed by atoms with van der Waals surface area (Å²) >= 11 is 12.3. The number of nitrogens with one attached hydrogen (secondary N) is 2. The van der Waals surface area contributed by atoms with E-state index in [2.05, 4.69) is 10.6 Å². The largest absolute Gasteiger partial charge is 0.495 e. The normalized spacial score (nSPS) is 10.4. The molecule has 0 fully saturated rings. The molecule has 2 aromatic carbocycles. The smallest absolute Gasteiger partial charge is 0.226 e. The van der Waals surface area contributed by atoms with E-state index in [-0.39, 0.29) is 5.91 Å². The van der Waals surface area contributed by atoms with E-state index in [4.69, 9.17) is 27.9 Å². The van der Waals surface area contributed by atoms with Gasteiger partial charge in [0.05, 0.1) is 22.8 Å². The third kappa shape index (κ3) is 4.79. The van der Waals surface area contributed by atoms with Crippen molar-refractivity contribution >= 4 is 40.5 Å². The van der Waals surface area contributed by atoms with Crippen LogP contribution in [0.25, 0.3) is 0 Å². The Kier molecular flexibility index (Phi) is 6.35. The van der Waals surface area contributed by atoms with Crippen LogP contribution in [0.4, 0.5) is 11.4 Å². The molecular formula is C18H20Cl2N2O2. The van der Waals surface area contributed by atoms with Gasteiger partial charge in [-0.2, -0.15) is 0 Å². The Morgan fingerprint density at radius 3 is 2.50 bits per heavy atom. The van der Waals surface area contributed by atoms with Gasteiger partial charge in [0.1, 0.15) is 5.75 Å². The molecule has 0 atom stereocenters. The molecule has 2 rings (SSSR count). The van der Waals surface area contributed by atoms with Gasteiger partial charge in [0.2, 0.25) is 5.91 Å². The van der Waals surface area contributed by atoms with Crippen LogP contribution in [0.2, 0.25) is 10.0 Å². The molecule has 0 unspecified atom stereocenters. The highest BCUT2D eigenvalue weighted by atomic mass is 35.5. The third-order valence-electron chi connectivity index (χ3n) is 3.53. The predicted octanol–water partition coefficient (Wildman–Crippen LogP) is 5.06. The SMILES string of the molecule is COc1ccc(NCCC(=O)Nc2c(C)cc(C)cc2Cl)cc1Cl. The highest BCUT2D eigenvalue weighted by Crippen LogP contribution is 2.28. The van der Waals surface area contributed by atoms with Crippen molar-refractivity contribution in [1.82, 2.24) is 0 Å². The van der Waals surface area contributed by atoms with Crippen LogP contribution in [-0.4, -0.2) is 19.6 Å². The Labute approximate surface area is 152 Å². The lowest BCUT2D eigenvalue weighted by Crippen LogP contribution is -2.17. The predicted molar refractivity (Wildman–Crippen MR) is 101 cm³/mol. The Balaban J connectivity index is 1.89. The second-order valence-electron chi connectivity index (χ2n) is 5.51. The highest BCUT2D eigenvalue weighted by molar-refractivity contribution is 6.34. The van der Waals surface area contributed by atoms with Crippen LogP contribution in [0.5, 0.6) is 5.75 Å². The molecule has 0 aliphatic carbocycles. The second kappa shape index (κ2) is 8.27. The molecule has 1 amide bonds. The molecule has 0 aliphatic heterocycles. The molecule has 0 radical (unpaired) electrons. The first-order chi connectivity index (χ1) is 11.4. The molecule has 2 aromatic rings. The number of anilines is 2. The number of methoxy groups -OCH3 is 1. The maximum atomic E-state index is 12.1. The van der Waals surface area contributed by atoms with Crippen molar-refractivity contribution in [2.24, 2.45) is 0 Å². The number of hydrogen-bond acceptors (Lipinski definition) is 3. The zero-order valence-electron chi connectivity index (χ0n) is 13.9. The van der Waals surface area contributed by atoms with E-state index in [9.17, 15) is 4.79 Å². The van der Waals surface area contributed by atoms with E-state index < -0.39 is 0 Å². The number of halogens is 2. The topological polar surface area (TPSA) is 50.4 Å². The van der Waals surface area contributed by atoms with Crippen molar-refractivity contribution < 1.29 is 9.53 Å². The first-order valence-corrected chi connectivity index (χ1v) is 8.30. The minimum atomic E-state index is -0.101. The fourth-order valence-corrected chi connectivity index (χ4v) is 3.00. The number of carbonyl (C=O) groups excluding carboxylic acids is 1. The van der Waals surface area contributed by atoms with Crippen LogP contribution >= 0.6 is 23.2 Å². The lowest BCUT2D eigenvalue weighted by atomic mass is 10.1. The third-order valence-corrected chi connectivity index (χ3v) is 4.12. The number of carbonyl (C=O) groups is 1. The average molecular weight is 367 g/mol. The van der Waals surface area contributed by atoms with Crippen LogP contribution in [0.15, 0.2) is 30.3 Å². The lowest BCUT2D eigenvalue weighted by Gasteiger charge is -2.12. The second-order valence-corrected chi connectivity index (χ2v) is 6.33. The average Bonchev–Trinajstić information content (AvgIpc) is 2.51. The summed E-state index contributed by atoms with van der Waals surface area (Å²) in [5.74, 6) is 0.514. The maximum Gasteiger partial charge on any atom is 0.226 e. The van der Waals surface area contributed by atoms with Gasteiger partial charge >= 0.3 is 0 Å². The minimum absolute atomic E-state index is 0.101. The van der Waals surface area contributed by atoms with Crippen LogP contribution in [-0.2, 0) is 4.79 Å². The fourth-order valence-electron chi connectivity index (χ4n) is 2.37. The van der Waals surface area contributed by atoms with Gasteiger partial charge in [-0.25, -0.2) is 0 Å². The van der Waals surface area contributed by atoms with Gasteiger partial charge < -0.3 is 15.4 Å². The van der Waals surface area contributed by atoms with Crippen LogP contribution in [0, 0.1) is 13.8 Å². The Morgan fingerprint density at radius 2 is 1.88 bits per heavy atom. The van der Waals surface area contributed by atoms with Gasteiger partial charge in [0.25, 0.3) is 0 Å². The quantitative estimate of drug-likeness (QED) is 0.750. The van der Waals surface area contributed by atoms with Gasteiger partial charge in [0, 0.05) is 18.7 Å². The van der Waals surface area contributed by atoms with Crippen molar-refractivity contribution in [3.63, 3.8) is 0 Å². The molecule has 24 heavy (non-hydrogen) atoms. The standard InChI is InChI=1S/C18H20Cl2N2O2/c1-11-8-12(2)18(15(20)9-11)22-17(23)6-7-21-13-4-5-16(24-3)14(19)10-13/h4-5,8-10,21H,6-7H2,1-3H3,(H,22,23). The lowest BCUT2D eigenvalue weighted by molar-refractivity contribution is -0.115. The molecule has 0 bridgehead atoms. The fraction of sp³-hybridized carbons (Fsp3) is 0.278. The van der Waals surface area contributed by atoms with E-state index in [1.54, 1.807) is 19.2 Å². The molecule has 0 aliphatic rings. The number of amides is 1. The monoisotopic (exact) mass is 366 g/mol. The van der Waals surface area contributed by atoms with Crippen molar-refractivity contribution in [3.05, 3.63) is 51.5 Å². The van der Waals surface area contributed by atoms with Gasteiger partial charge in [0.15, 0.2) is 0 Å². The highest BCUT2D eigenvalue weighted by Gasteiger charge is 2.09. The van der Waals surface area contributed by atoms with E-state index >= 15 is 0 Å². The zero-order valence-corrected chi connectivity index (χ0v) is 15.4. The number of ether oxygens (including phenoxy) is 1. The summed E-state index contributed by atoms with van der Waals surface area (Å²) < 4.78 is 5.10. The molecule has 6 heteroatoms. The number of rotatable bonds is 6. The zero-order chi connectivity index (χ0) is 17.7. The summed E-state index contributed by atoms with van der Waals surface area (Å²) in [7, 11) is 1.57. The summed E-state index contributed by atoms with van der Waals surface area (Å²) in [5.41, 5.74) is 3.51. The van der Waals surface area contributed by atoms with E-state index in [0.29, 0.717) is 34.4 Å². The summed E-state index contributed by atoms with van der Waals surface area (Å²) in [6.45, 7) is 4.37. The van der Waals surface area contributed by atoms with Gasteiger partial charge in [-0.3, -0.25) is 4.79 Å². The molecular weight excluding hydrogens is 347 g/mol. The van der Waals surface area contributed by atoms with Crippen molar-refractivity contribution in [1.29, 1.82) is 0 Å².